The van der Waals surface area contributed by atoms with Crippen LogP contribution in [0.1, 0.15) is 85.7 Å². The fourth-order valence-corrected chi connectivity index (χ4v) is 8.38. The molecule has 3 aliphatic carbocycles. The van der Waals surface area contributed by atoms with Gasteiger partial charge in [-0.15, -0.1) is 16.5 Å². The van der Waals surface area contributed by atoms with E-state index in [9.17, 15) is 19.5 Å². The van der Waals surface area contributed by atoms with E-state index in [-0.39, 0.29) is 17.3 Å². The van der Waals surface area contributed by atoms with Crippen LogP contribution < -0.4 is 10.6 Å². The molecule has 2 unspecified atom stereocenters. The second-order valence-electron chi connectivity index (χ2n) is 13.0. The molecule has 6 nitrogen and oxygen atoms in total. The lowest BCUT2D eigenvalue weighted by molar-refractivity contribution is 0.0691. The van der Waals surface area contributed by atoms with Gasteiger partial charge in [0.15, 0.2) is 5.82 Å². The SMILES string of the molecule is CC1(c2ccc(-c3ccc(-c4nc(N(O)Nc5cc(F)c(C(=O)O)cc5C5CCC5)cs4)cc3)cc2)CC2CCC(C2)C1. The lowest BCUT2D eigenvalue weighted by Gasteiger charge is -2.38. The Labute approximate surface area is 255 Å². The van der Waals surface area contributed by atoms with Gasteiger partial charge in [0.05, 0.1) is 11.3 Å². The normalized spacial score (nSPS) is 23.1. The first-order valence-electron chi connectivity index (χ1n) is 15.2. The number of rotatable bonds is 8. The molecule has 3 aromatic carbocycles. The highest BCUT2D eigenvalue weighted by molar-refractivity contribution is 7.13. The third kappa shape index (κ3) is 5.43. The van der Waals surface area contributed by atoms with Crippen molar-refractivity contribution in [2.24, 2.45) is 11.8 Å². The zero-order valence-corrected chi connectivity index (χ0v) is 25.0. The van der Waals surface area contributed by atoms with E-state index in [1.165, 1.54) is 60.6 Å². The van der Waals surface area contributed by atoms with Crippen LogP contribution in [-0.2, 0) is 5.41 Å². The number of aromatic nitrogens is 1. The standard InChI is InChI=1S/C35H36FN3O3S/c1-35(18-21-5-6-22(15-21)19-35)27-13-11-24(12-14-27)23-7-9-26(10-8-23)33-37-32(20-43-33)39(42)38-31-17-30(36)29(34(40)41)16-28(31)25-3-2-4-25/h7-14,16-17,20-22,25,38,42H,2-6,15,18-19H2,1H3,(H,40,41). The Kier molecular flexibility index (Phi) is 7.22. The van der Waals surface area contributed by atoms with Crippen LogP contribution in [0.5, 0.6) is 0 Å². The summed E-state index contributed by atoms with van der Waals surface area (Å²) in [5, 5.41) is 23.4. The first kappa shape index (κ1) is 28.0. The number of thiazole rings is 1. The molecule has 0 spiro atoms. The number of hydrogen-bond donors (Lipinski definition) is 3. The van der Waals surface area contributed by atoms with Gasteiger partial charge in [0, 0.05) is 17.0 Å². The van der Waals surface area contributed by atoms with Crippen LogP contribution >= 0.6 is 11.3 Å². The fourth-order valence-electron chi connectivity index (χ4n) is 7.59. The Hall–Kier alpha value is -3.75. The van der Waals surface area contributed by atoms with Gasteiger partial charge >= 0.3 is 5.97 Å². The molecule has 2 atom stereocenters. The van der Waals surface area contributed by atoms with E-state index >= 15 is 0 Å². The van der Waals surface area contributed by atoms with Gasteiger partial charge in [-0.05, 0) is 83.6 Å². The number of hydrazine groups is 1. The molecule has 222 valence electrons. The average molecular weight is 598 g/mol. The van der Waals surface area contributed by atoms with Gasteiger partial charge in [0.2, 0.25) is 0 Å². The topological polar surface area (TPSA) is 85.7 Å². The monoisotopic (exact) mass is 597 g/mol. The van der Waals surface area contributed by atoms with E-state index in [1.54, 1.807) is 5.38 Å². The highest BCUT2D eigenvalue weighted by Crippen LogP contribution is 2.51. The van der Waals surface area contributed by atoms with Gasteiger partial charge in [-0.3, -0.25) is 10.6 Å². The highest BCUT2D eigenvalue weighted by Gasteiger charge is 2.41. The van der Waals surface area contributed by atoms with Crippen LogP contribution in [0.4, 0.5) is 15.9 Å². The van der Waals surface area contributed by atoms with Crippen molar-refractivity contribution in [3.63, 3.8) is 0 Å². The van der Waals surface area contributed by atoms with Crippen LogP contribution in [0.15, 0.2) is 66.0 Å². The second-order valence-corrected chi connectivity index (χ2v) is 13.8. The summed E-state index contributed by atoms with van der Waals surface area (Å²) in [6.45, 7) is 2.45. The molecule has 0 amide bonds. The third-order valence-electron chi connectivity index (χ3n) is 10.0. The largest absolute Gasteiger partial charge is 0.478 e. The quantitative estimate of drug-likeness (QED) is 0.176. The predicted molar refractivity (Wildman–Crippen MR) is 168 cm³/mol. The van der Waals surface area contributed by atoms with Gasteiger partial charge in [-0.1, -0.05) is 74.7 Å². The molecule has 3 saturated carbocycles. The van der Waals surface area contributed by atoms with E-state index in [2.05, 4.69) is 53.7 Å². The van der Waals surface area contributed by atoms with Gasteiger partial charge in [-0.25, -0.2) is 14.2 Å². The summed E-state index contributed by atoms with van der Waals surface area (Å²) in [7, 11) is 0. The Bertz CT molecular complexity index is 1640. The number of carboxylic acid groups (broad SMARTS) is 1. The minimum absolute atomic E-state index is 0.126. The molecule has 0 radical (unpaired) electrons. The minimum atomic E-state index is -1.31. The van der Waals surface area contributed by atoms with Crippen LogP contribution in [0.3, 0.4) is 0 Å². The van der Waals surface area contributed by atoms with E-state index in [4.69, 9.17) is 0 Å². The number of aromatic carboxylic acids is 1. The summed E-state index contributed by atoms with van der Waals surface area (Å²) in [5.74, 6) is 0.0315. The number of benzene rings is 3. The molecule has 8 heteroatoms. The summed E-state index contributed by atoms with van der Waals surface area (Å²) < 4.78 is 14.5. The number of halogens is 1. The van der Waals surface area contributed by atoms with Crippen molar-refractivity contribution < 1.29 is 19.5 Å². The number of hydrogen-bond acceptors (Lipinski definition) is 6. The zero-order valence-electron chi connectivity index (χ0n) is 24.2. The van der Waals surface area contributed by atoms with Gasteiger partial charge < -0.3 is 5.11 Å². The molecule has 2 bridgehead atoms. The second kappa shape index (κ2) is 11.1. The van der Waals surface area contributed by atoms with Crippen molar-refractivity contribution in [2.45, 2.75) is 69.6 Å². The van der Waals surface area contributed by atoms with Gasteiger partial charge in [0.1, 0.15) is 10.8 Å². The zero-order chi connectivity index (χ0) is 29.7. The first-order valence-corrected chi connectivity index (χ1v) is 16.1. The van der Waals surface area contributed by atoms with Crippen LogP contribution in [0.2, 0.25) is 0 Å². The molecule has 3 fully saturated rings. The molecule has 4 aromatic rings. The maximum atomic E-state index is 14.5. The molecular formula is C35H36FN3O3S. The summed E-state index contributed by atoms with van der Waals surface area (Å²) >= 11 is 1.40. The van der Waals surface area contributed by atoms with E-state index < -0.39 is 11.8 Å². The Morgan fingerprint density at radius 3 is 2.21 bits per heavy atom. The molecule has 0 saturated heterocycles. The molecule has 3 aliphatic rings. The van der Waals surface area contributed by atoms with E-state index in [0.29, 0.717) is 16.7 Å². The van der Waals surface area contributed by atoms with Crippen LogP contribution in [-0.4, -0.2) is 21.3 Å². The van der Waals surface area contributed by atoms with Crippen molar-refractivity contribution in [3.8, 4) is 21.7 Å². The number of nitrogens with zero attached hydrogens (tertiary/aromatic N) is 2. The Morgan fingerprint density at radius 2 is 1.60 bits per heavy atom. The lowest BCUT2D eigenvalue weighted by atomic mass is 9.66. The number of fused-ring (bicyclic) bond motifs is 2. The predicted octanol–water partition coefficient (Wildman–Crippen LogP) is 9.27. The number of anilines is 2. The molecule has 1 aromatic heterocycles. The maximum absolute atomic E-state index is 14.5. The minimum Gasteiger partial charge on any atom is -0.478 e. The molecule has 0 aliphatic heterocycles. The summed E-state index contributed by atoms with van der Waals surface area (Å²) in [5.41, 5.74) is 8.49. The fraction of sp³-hybridized carbons (Fsp3) is 0.371. The summed E-state index contributed by atoms with van der Waals surface area (Å²) in [4.78, 5) is 16.1. The molecule has 43 heavy (non-hydrogen) atoms. The summed E-state index contributed by atoms with van der Waals surface area (Å²) in [6.07, 6.45) is 9.68. The number of carboxylic acids is 1. The Balaban J connectivity index is 1.05. The lowest BCUT2D eigenvalue weighted by Crippen LogP contribution is -2.30. The van der Waals surface area contributed by atoms with Crippen molar-refractivity contribution in [2.75, 3.05) is 10.6 Å². The van der Waals surface area contributed by atoms with Crippen molar-refractivity contribution in [1.82, 2.24) is 4.98 Å². The Morgan fingerprint density at radius 1 is 0.977 bits per heavy atom. The van der Waals surface area contributed by atoms with Crippen molar-refractivity contribution in [1.29, 1.82) is 0 Å². The van der Waals surface area contributed by atoms with Crippen LogP contribution in [0, 0.1) is 17.7 Å². The third-order valence-corrected chi connectivity index (χ3v) is 10.9. The molecule has 1 heterocycles. The molecule has 7 rings (SSSR count). The molecule has 3 N–H and O–H groups in total. The first-order chi connectivity index (χ1) is 20.8. The van der Waals surface area contributed by atoms with E-state index in [0.717, 1.165) is 58.5 Å². The van der Waals surface area contributed by atoms with E-state index in [1.807, 2.05) is 12.1 Å². The van der Waals surface area contributed by atoms with Gasteiger partial charge in [-0.2, -0.15) is 0 Å². The molecular weight excluding hydrogens is 561 g/mol. The average Bonchev–Trinajstić information content (AvgIpc) is 3.60. The smallest absolute Gasteiger partial charge is 0.338 e. The summed E-state index contributed by atoms with van der Waals surface area (Å²) in [6, 6.07) is 19.9. The number of carbonyl (C=O) groups is 1. The maximum Gasteiger partial charge on any atom is 0.338 e. The van der Waals surface area contributed by atoms with Crippen molar-refractivity contribution >= 4 is 28.8 Å². The highest BCUT2D eigenvalue weighted by atomic mass is 32.1. The number of nitrogens with one attached hydrogen (secondary N) is 1. The van der Waals surface area contributed by atoms with Crippen molar-refractivity contribution in [3.05, 3.63) is 88.6 Å². The van der Waals surface area contributed by atoms with Gasteiger partial charge in [0.25, 0.3) is 0 Å². The van der Waals surface area contributed by atoms with Crippen LogP contribution in [0.25, 0.3) is 21.7 Å².